The minimum absolute atomic E-state index is 0.869. The van der Waals surface area contributed by atoms with E-state index >= 15 is 0 Å². The van der Waals surface area contributed by atoms with Gasteiger partial charge in [0, 0.05) is 0 Å². The van der Waals surface area contributed by atoms with Crippen LogP contribution in [0.15, 0.2) is 47.0 Å². The predicted octanol–water partition coefficient (Wildman–Crippen LogP) is 2.15. The average Bonchev–Trinajstić information content (AvgIpc) is 2.30. The van der Waals surface area contributed by atoms with Gasteiger partial charge >= 0.3 is 95.2 Å². The first-order valence-corrected chi connectivity index (χ1v) is 8.97. The molecule has 0 saturated heterocycles. The second-order valence-electron chi connectivity index (χ2n) is 2.84. The van der Waals surface area contributed by atoms with Gasteiger partial charge in [-0.15, -0.1) is 0 Å². The molecule has 0 amide bonds. The molecule has 0 fully saturated rings. The third-order valence-electron chi connectivity index (χ3n) is 1.88. The Kier molecular flexibility index (Phi) is 3.35. The van der Waals surface area contributed by atoms with Crippen LogP contribution in [0, 0.1) is 0 Å². The molecule has 1 aliphatic rings. The molecule has 0 aliphatic carbocycles. The molecule has 0 bridgehead atoms. The summed E-state index contributed by atoms with van der Waals surface area (Å²) in [5.41, 5.74) is 0.869. The molecule has 1 aromatic carbocycles. The van der Waals surface area contributed by atoms with Gasteiger partial charge in [0.2, 0.25) is 0 Å². The van der Waals surface area contributed by atoms with Gasteiger partial charge in [0.25, 0.3) is 0 Å². The van der Waals surface area contributed by atoms with Crippen LogP contribution >= 0.6 is 8.85 Å². The summed E-state index contributed by atoms with van der Waals surface area (Å²) in [5, 5.41) is 0. The number of para-hydroxylation sites is 1. The molecule has 0 aromatic heterocycles. The van der Waals surface area contributed by atoms with Gasteiger partial charge in [-0.1, -0.05) is 0 Å². The van der Waals surface area contributed by atoms with Crippen LogP contribution < -0.4 is 4.31 Å². The maximum absolute atomic E-state index is 11.1. The van der Waals surface area contributed by atoms with E-state index < -0.39 is 25.4 Å². The Morgan fingerprint density at radius 1 is 1.20 bits per heavy atom. The van der Waals surface area contributed by atoms with Crippen molar-refractivity contribution in [3.63, 3.8) is 0 Å². The second-order valence-corrected chi connectivity index (χ2v) is 8.29. The molecule has 0 spiro atoms. The van der Waals surface area contributed by atoms with Gasteiger partial charge in [-0.05, 0) is 0 Å². The van der Waals surface area contributed by atoms with Crippen molar-refractivity contribution in [1.29, 1.82) is 0 Å². The number of thiol groups is 1. The van der Waals surface area contributed by atoms with Crippen LogP contribution in [0.5, 0.6) is 0 Å². The number of rotatable bonds is 2. The first kappa shape index (κ1) is 10.6. The number of allylic oxidation sites excluding steroid dienone is 1. The van der Waals surface area contributed by atoms with Crippen molar-refractivity contribution in [2.24, 2.45) is 4.40 Å². The Labute approximate surface area is 95.1 Å². The normalized spacial score (nSPS) is 21.6. The van der Waals surface area contributed by atoms with Gasteiger partial charge in [0.1, 0.15) is 0 Å². The molecule has 1 aliphatic heterocycles. The van der Waals surface area contributed by atoms with Crippen LogP contribution in [0.25, 0.3) is 0 Å². The average molecular weight is 257 g/mol. The fourth-order valence-corrected chi connectivity index (χ4v) is 4.82. The van der Waals surface area contributed by atoms with E-state index in [1.54, 1.807) is 22.8 Å². The van der Waals surface area contributed by atoms with Crippen molar-refractivity contribution in [2.75, 3.05) is 4.31 Å². The van der Waals surface area contributed by atoms with Crippen molar-refractivity contribution in [3.8, 4) is 0 Å². The van der Waals surface area contributed by atoms with Crippen LogP contribution in [0.3, 0.4) is 0 Å². The van der Waals surface area contributed by atoms with Gasteiger partial charge < -0.3 is 0 Å². The van der Waals surface area contributed by atoms with E-state index in [0.717, 1.165) is 5.69 Å². The zero-order valence-corrected chi connectivity index (χ0v) is 10.2. The molecular formula is C9H9N2O2STi. The molecule has 0 radical (unpaired) electrons. The fourth-order valence-electron chi connectivity index (χ4n) is 1.25. The summed E-state index contributed by atoms with van der Waals surface area (Å²) >= 11 is -3.50. The van der Waals surface area contributed by atoms with Crippen LogP contribution in [0.2, 0.25) is 0 Å². The quantitative estimate of drug-likeness (QED) is 0.652. The van der Waals surface area contributed by atoms with Gasteiger partial charge in [0.15, 0.2) is 0 Å². The van der Waals surface area contributed by atoms with E-state index in [4.69, 9.17) is 0 Å². The van der Waals surface area contributed by atoms with Crippen LogP contribution in [-0.4, -0.2) is 6.21 Å². The zero-order chi connectivity index (χ0) is 10.7. The molecule has 0 N–H and O–H groups in total. The summed E-state index contributed by atoms with van der Waals surface area (Å²) in [6.45, 7) is 0. The van der Waals surface area contributed by atoms with Gasteiger partial charge in [-0.3, -0.25) is 0 Å². The number of benzene rings is 1. The summed E-state index contributed by atoms with van der Waals surface area (Å²) in [6, 6.07) is 9.41. The van der Waals surface area contributed by atoms with Gasteiger partial charge in [-0.2, -0.15) is 0 Å². The van der Waals surface area contributed by atoms with Crippen LogP contribution in [0.4, 0.5) is 5.69 Å². The molecule has 4 nitrogen and oxygen atoms in total. The molecule has 77 valence electrons. The molecular weight excluding hydrogens is 248 g/mol. The molecule has 0 saturated carbocycles. The molecule has 1 atom stereocenters. The Morgan fingerprint density at radius 3 is 2.60 bits per heavy atom. The predicted molar refractivity (Wildman–Crippen MR) is 56.9 cm³/mol. The van der Waals surface area contributed by atoms with Crippen molar-refractivity contribution in [2.45, 2.75) is 0 Å². The van der Waals surface area contributed by atoms with Gasteiger partial charge in [-0.25, -0.2) is 0 Å². The summed E-state index contributed by atoms with van der Waals surface area (Å²) < 4.78 is 28.0. The van der Waals surface area contributed by atoms with Crippen molar-refractivity contribution >= 4 is 20.8 Å². The van der Waals surface area contributed by atoms with E-state index in [2.05, 4.69) is 4.40 Å². The van der Waals surface area contributed by atoms with Crippen molar-refractivity contribution in [3.05, 3.63) is 42.6 Å². The molecule has 1 heterocycles. The van der Waals surface area contributed by atoms with E-state index in [9.17, 15) is 6.65 Å². The Balaban J connectivity index is 2.36. The molecule has 15 heavy (non-hydrogen) atoms. The topological polar surface area (TPSA) is 49.7 Å². The SMILES string of the molecule is [O]=[Ti](=[O])[SH]1N=CC=CN1c1ccccc1. The van der Waals surface area contributed by atoms with E-state index in [0.29, 0.717) is 0 Å². The minimum atomic E-state index is -3.50. The van der Waals surface area contributed by atoms with E-state index in [-0.39, 0.29) is 0 Å². The van der Waals surface area contributed by atoms with Crippen LogP contribution in [0.1, 0.15) is 0 Å². The Hall–Kier alpha value is -0.906. The molecule has 1 aromatic rings. The maximum atomic E-state index is 11.1. The number of anilines is 1. The van der Waals surface area contributed by atoms with E-state index in [1.807, 2.05) is 30.3 Å². The summed E-state index contributed by atoms with van der Waals surface area (Å²) in [4.78, 5) is 0. The fraction of sp³-hybridized carbons (Fsp3) is 0. The molecule has 1 unspecified atom stereocenters. The zero-order valence-electron chi connectivity index (χ0n) is 7.78. The monoisotopic (exact) mass is 257 g/mol. The summed E-state index contributed by atoms with van der Waals surface area (Å²) in [7, 11) is -1.40. The summed E-state index contributed by atoms with van der Waals surface area (Å²) in [5.74, 6) is 0. The third-order valence-corrected chi connectivity index (χ3v) is 6.41. The molecule has 6 heteroatoms. The van der Waals surface area contributed by atoms with Crippen LogP contribution in [-0.2, 0) is 23.2 Å². The Bertz CT molecular complexity index is 462. The number of nitrogens with zero attached hydrogens (tertiary/aromatic N) is 2. The summed E-state index contributed by atoms with van der Waals surface area (Å²) in [6.07, 6.45) is 5.05. The first-order chi connectivity index (χ1) is 7.29. The number of hydrogen-bond acceptors (Lipinski definition) is 4. The molecule has 2 rings (SSSR count). The third kappa shape index (κ3) is 2.37. The second kappa shape index (κ2) is 4.74. The van der Waals surface area contributed by atoms with Gasteiger partial charge in [0.05, 0.1) is 0 Å². The standard InChI is InChI=1S/C9H8N2S.2O.Ti/c1-2-5-9(6-3-1)11-8-4-7-10-12-11;;;/h1-8H;;;/q;;;-1/p+1. The van der Waals surface area contributed by atoms with Crippen molar-refractivity contribution < 1.29 is 23.2 Å². The van der Waals surface area contributed by atoms with Crippen molar-refractivity contribution in [1.82, 2.24) is 0 Å². The first-order valence-electron chi connectivity index (χ1n) is 4.35. The Morgan fingerprint density at radius 2 is 1.93 bits per heavy atom. The van der Waals surface area contributed by atoms with E-state index in [1.165, 1.54) is 0 Å². The number of hydrogen-bond donors (Lipinski definition) is 1.